The average Bonchev–Trinajstić information content (AvgIpc) is 3.16. The maximum absolute atomic E-state index is 13.9. The molecule has 0 radical (unpaired) electrons. The predicted molar refractivity (Wildman–Crippen MR) is 122 cm³/mol. The zero-order valence-corrected chi connectivity index (χ0v) is 19.5. The summed E-state index contributed by atoms with van der Waals surface area (Å²) in [5.41, 5.74) is 2.68. The van der Waals surface area contributed by atoms with Gasteiger partial charge in [0, 0.05) is 23.8 Å². The highest BCUT2D eigenvalue weighted by Gasteiger charge is 2.32. The summed E-state index contributed by atoms with van der Waals surface area (Å²) in [5, 5.41) is 13.3. The lowest BCUT2D eigenvalue weighted by Gasteiger charge is -2.23. The molecule has 3 rings (SSSR count). The summed E-state index contributed by atoms with van der Waals surface area (Å²) in [6.07, 6.45) is 0.632. The highest BCUT2D eigenvalue weighted by molar-refractivity contribution is 7.93. The van der Waals surface area contributed by atoms with E-state index in [2.05, 4.69) is 5.16 Å². The van der Waals surface area contributed by atoms with E-state index in [4.69, 9.17) is 14.0 Å². The highest BCUT2D eigenvalue weighted by Crippen LogP contribution is 2.35. The van der Waals surface area contributed by atoms with Crippen molar-refractivity contribution in [3.8, 4) is 11.1 Å². The van der Waals surface area contributed by atoms with Crippen LogP contribution in [-0.2, 0) is 26.1 Å². The lowest BCUT2D eigenvalue weighted by atomic mass is 9.98. The summed E-state index contributed by atoms with van der Waals surface area (Å²) in [4.78, 5) is 11.7. The number of anilines is 1. The molecule has 9 nitrogen and oxygen atoms in total. The number of rotatable bonds is 11. The molecule has 1 N–H and O–H groups in total. The molecule has 0 aliphatic carbocycles. The van der Waals surface area contributed by atoms with Gasteiger partial charge in [0.25, 0.3) is 10.0 Å². The van der Waals surface area contributed by atoms with E-state index in [1.54, 1.807) is 44.2 Å². The molecule has 3 aromatic rings. The fourth-order valence-electron chi connectivity index (χ4n) is 3.25. The van der Waals surface area contributed by atoms with Gasteiger partial charge in [0.1, 0.15) is 6.73 Å². The van der Waals surface area contributed by atoms with E-state index in [1.807, 2.05) is 0 Å². The number of aryl methyl sites for hydroxylation is 1. The van der Waals surface area contributed by atoms with E-state index in [9.17, 15) is 18.3 Å². The molecule has 0 saturated heterocycles. The lowest BCUT2D eigenvalue weighted by Crippen LogP contribution is -2.34. The van der Waals surface area contributed by atoms with Gasteiger partial charge in [-0.3, -0.25) is 4.79 Å². The maximum Gasteiger partial charge on any atom is 0.269 e. The Kier molecular flexibility index (Phi) is 7.98. The van der Waals surface area contributed by atoms with Gasteiger partial charge in [0.15, 0.2) is 6.29 Å². The minimum absolute atomic E-state index is 0.0337. The van der Waals surface area contributed by atoms with E-state index in [0.29, 0.717) is 40.8 Å². The van der Waals surface area contributed by atoms with Crippen LogP contribution in [0.25, 0.3) is 11.1 Å². The first-order valence-electron chi connectivity index (χ1n) is 10.2. The Labute approximate surface area is 192 Å². The molecule has 176 valence electrons. The van der Waals surface area contributed by atoms with E-state index in [-0.39, 0.29) is 36.3 Å². The van der Waals surface area contributed by atoms with Crippen molar-refractivity contribution in [1.82, 2.24) is 5.16 Å². The molecule has 0 bridgehead atoms. The molecular weight excluding hydrogens is 448 g/mol. The first kappa shape index (κ1) is 24.6. The van der Waals surface area contributed by atoms with Crippen molar-refractivity contribution >= 4 is 22.2 Å². The van der Waals surface area contributed by atoms with Crippen LogP contribution in [0.3, 0.4) is 0 Å². The molecule has 1 aromatic heterocycles. The summed E-state index contributed by atoms with van der Waals surface area (Å²) >= 11 is 0. The van der Waals surface area contributed by atoms with E-state index >= 15 is 0 Å². The minimum atomic E-state index is -4.20. The normalized spacial score (nSPS) is 11.5. The number of carbonyl (C=O) groups excluding carboxylic acids is 1. The van der Waals surface area contributed by atoms with Gasteiger partial charge < -0.3 is 19.1 Å². The van der Waals surface area contributed by atoms with Crippen LogP contribution in [0, 0.1) is 13.8 Å². The van der Waals surface area contributed by atoms with Crippen molar-refractivity contribution in [3.05, 3.63) is 64.8 Å². The molecule has 10 heteroatoms. The summed E-state index contributed by atoms with van der Waals surface area (Å²) in [5.74, 6) is 0.0472. The Balaban J connectivity index is 2.13. The van der Waals surface area contributed by atoms with E-state index < -0.39 is 10.0 Å². The third kappa shape index (κ3) is 5.14. The largest absolute Gasteiger partial charge is 0.392 e. The smallest absolute Gasteiger partial charge is 0.269 e. The molecule has 0 fully saturated rings. The number of methoxy groups -OCH3 is 1. The Hall–Kier alpha value is -3.05. The maximum atomic E-state index is 13.9. The van der Waals surface area contributed by atoms with Crippen molar-refractivity contribution in [2.24, 2.45) is 0 Å². The molecule has 2 aromatic carbocycles. The van der Waals surface area contributed by atoms with Crippen molar-refractivity contribution < 1.29 is 32.3 Å². The number of aromatic nitrogens is 1. The number of nitrogens with zero attached hydrogens (tertiary/aromatic N) is 2. The number of aliphatic hydroxyl groups excluding tert-OH is 1. The number of ether oxygens (including phenoxy) is 2. The van der Waals surface area contributed by atoms with Crippen LogP contribution in [0.1, 0.15) is 27.2 Å². The summed E-state index contributed by atoms with van der Waals surface area (Å²) < 4.78 is 44.6. The Bertz CT molecular complexity index is 1220. The van der Waals surface area contributed by atoms with Crippen LogP contribution in [-0.4, -0.2) is 52.0 Å². The second-order valence-electron chi connectivity index (χ2n) is 7.28. The van der Waals surface area contributed by atoms with Crippen molar-refractivity contribution in [1.29, 1.82) is 0 Å². The third-order valence-electron chi connectivity index (χ3n) is 5.17. The summed E-state index contributed by atoms with van der Waals surface area (Å²) in [6.45, 7) is 3.33. The highest BCUT2D eigenvalue weighted by atomic mass is 32.2. The predicted octanol–water partition coefficient (Wildman–Crippen LogP) is 3.08. The first-order chi connectivity index (χ1) is 15.8. The molecular formula is C23H26N2O7S. The number of carbonyl (C=O) groups is 1. The van der Waals surface area contributed by atoms with Crippen molar-refractivity contribution in [2.45, 2.75) is 25.3 Å². The second-order valence-corrected chi connectivity index (χ2v) is 9.11. The van der Waals surface area contributed by atoms with Crippen LogP contribution in [0.15, 0.2) is 51.9 Å². The van der Waals surface area contributed by atoms with Gasteiger partial charge >= 0.3 is 0 Å². The van der Waals surface area contributed by atoms with Gasteiger partial charge in [-0.1, -0.05) is 35.5 Å². The summed E-state index contributed by atoms with van der Waals surface area (Å²) in [7, 11) is -2.68. The number of sulfonamides is 1. The molecule has 0 unspecified atom stereocenters. The number of aliphatic hydroxyl groups is 1. The minimum Gasteiger partial charge on any atom is -0.392 e. The van der Waals surface area contributed by atoms with Gasteiger partial charge in [-0.25, -0.2) is 12.7 Å². The van der Waals surface area contributed by atoms with E-state index in [0.717, 1.165) is 4.31 Å². The van der Waals surface area contributed by atoms with Gasteiger partial charge in [0.05, 0.1) is 30.4 Å². The van der Waals surface area contributed by atoms with Crippen LogP contribution >= 0.6 is 0 Å². The molecule has 33 heavy (non-hydrogen) atoms. The Morgan fingerprint density at radius 3 is 2.52 bits per heavy atom. The summed E-state index contributed by atoms with van der Waals surface area (Å²) in [6, 6.07) is 11.2. The number of aldehydes is 1. The van der Waals surface area contributed by atoms with E-state index in [1.165, 1.54) is 19.2 Å². The first-order valence-corrected chi connectivity index (χ1v) is 11.6. The molecule has 0 saturated carbocycles. The zero-order chi connectivity index (χ0) is 24.0. The zero-order valence-electron chi connectivity index (χ0n) is 18.6. The topological polar surface area (TPSA) is 119 Å². The third-order valence-corrected chi connectivity index (χ3v) is 6.93. The lowest BCUT2D eigenvalue weighted by molar-refractivity contribution is 0.0744. The van der Waals surface area contributed by atoms with Gasteiger partial charge in [-0.15, -0.1) is 0 Å². The molecule has 0 aliphatic heterocycles. The van der Waals surface area contributed by atoms with Crippen LogP contribution < -0.4 is 4.31 Å². The Morgan fingerprint density at radius 2 is 1.88 bits per heavy atom. The monoisotopic (exact) mass is 474 g/mol. The average molecular weight is 475 g/mol. The SMILES string of the molecule is COCCOCN(c1onc(C)c1C)S(=O)(=O)c1ccccc1-c1ccc(CO)cc1C=O. The molecule has 0 atom stereocenters. The molecule has 0 spiro atoms. The molecule has 1 heterocycles. The number of hydrogen-bond donors (Lipinski definition) is 1. The van der Waals surface area contributed by atoms with Crippen LogP contribution in [0.5, 0.6) is 0 Å². The van der Waals surface area contributed by atoms with Crippen LogP contribution in [0.2, 0.25) is 0 Å². The number of hydrogen-bond acceptors (Lipinski definition) is 8. The quantitative estimate of drug-likeness (QED) is 0.256. The van der Waals surface area contributed by atoms with Crippen LogP contribution in [0.4, 0.5) is 5.88 Å². The molecule has 0 aliphatic rings. The fraction of sp³-hybridized carbons (Fsp3) is 0.304. The second kappa shape index (κ2) is 10.7. The fourth-order valence-corrected chi connectivity index (χ4v) is 4.79. The van der Waals surface area contributed by atoms with Crippen molar-refractivity contribution in [3.63, 3.8) is 0 Å². The van der Waals surface area contributed by atoms with Gasteiger partial charge in [-0.2, -0.15) is 0 Å². The molecule has 0 amide bonds. The number of benzene rings is 2. The van der Waals surface area contributed by atoms with Gasteiger partial charge in [-0.05, 0) is 37.1 Å². The standard InChI is InChI=1S/C23H26N2O7S/c1-16-17(2)24-32-23(16)25(15-31-11-10-30-3)33(28,29)22-7-5-4-6-21(22)20-9-8-18(13-26)12-19(20)14-27/h4-9,12,14,26H,10-11,13,15H2,1-3H3. The van der Waals surface area contributed by atoms with Crippen molar-refractivity contribution in [2.75, 3.05) is 31.4 Å². The van der Waals surface area contributed by atoms with Gasteiger partial charge in [0.2, 0.25) is 5.88 Å². The Morgan fingerprint density at radius 1 is 1.12 bits per heavy atom.